The molecule has 2 heterocycles. The molecule has 2 fully saturated rings. The Balaban J connectivity index is 2.02. The minimum Gasteiger partial charge on any atom is -0.372 e. The van der Waals surface area contributed by atoms with E-state index in [2.05, 4.69) is 10.2 Å². The van der Waals surface area contributed by atoms with E-state index in [-0.39, 0.29) is 11.4 Å². The molecule has 1 aromatic rings. The smallest absolute Gasteiger partial charge is 0.328 e. The molecule has 8 heteroatoms. The van der Waals surface area contributed by atoms with Gasteiger partial charge in [0.2, 0.25) is 0 Å². The van der Waals surface area contributed by atoms with Crippen LogP contribution in [0.1, 0.15) is 24.8 Å². The zero-order chi connectivity index (χ0) is 17.3. The van der Waals surface area contributed by atoms with E-state index in [0.717, 1.165) is 36.5 Å². The first kappa shape index (κ1) is 16.0. The summed E-state index contributed by atoms with van der Waals surface area (Å²) in [5.41, 5.74) is 1.21. The number of hydrogen-bond acceptors (Lipinski definition) is 5. The van der Waals surface area contributed by atoms with Crippen LogP contribution >= 0.6 is 0 Å². The molecule has 1 aromatic carbocycles. The van der Waals surface area contributed by atoms with Crippen molar-refractivity contribution in [2.75, 3.05) is 25.0 Å². The fourth-order valence-electron chi connectivity index (χ4n) is 2.99. The monoisotopic (exact) mass is 330 g/mol. The number of rotatable bonds is 3. The van der Waals surface area contributed by atoms with Crippen LogP contribution in [0.2, 0.25) is 0 Å². The fraction of sp³-hybridized carbons (Fsp3) is 0.375. The van der Waals surface area contributed by atoms with Crippen LogP contribution in [-0.4, -0.2) is 41.9 Å². The molecule has 3 amide bonds. The summed E-state index contributed by atoms with van der Waals surface area (Å²) in [6, 6.07) is 4.35. The van der Waals surface area contributed by atoms with E-state index in [1.807, 2.05) is 0 Å². The Morgan fingerprint density at radius 1 is 1.21 bits per heavy atom. The lowest BCUT2D eigenvalue weighted by molar-refractivity contribution is -0.385. The zero-order valence-corrected chi connectivity index (χ0v) is 13.3. The highest BCUT2D eigenvalue weighted by Gasteiger charge is 2.30. The summed E-state index contributed by atoms with van der Waals surface area (Å²) < 4.78 is 0. The first-order chi connectivity index (χ1) is 11.5. The van der Waals surface area contributed by atoms with E-state index in [1.165, 1.54) is 25.6 Å². The lowest BCUT2D eigenvalue weighted by Crippen LogP contribution is -2.29. The Labute approximate surface area is 138 Å². The minimum absolute atomic E-state index is 0.0937. The van der Waals surface area contributed by atoms with E-state index in [9.17, 15) is 19.7 Å². The molecule has 8 nitrogen and oxygen atoms in total. The van der Waals surface area contributed by atoms with Gasteiger partial charge in [0, 0.05) is 31.9 Å². The number of piperidine rings is 1. The highest BCUT2D eigenvalue weighted by Crippen LogP contribution is 2.29. The van der Waals surface area contributed by atoms with E-state index in [0.29, 0.717) is 5.56 Å². The van der Waals surface area contributed by atoms with Crippen LogP contribution in [0.25, 0.3) is 6.08 Å². The first-order valence-corrected chi connectivity index (χ1v) is 7.81. The van der Waals surface area contributed by atoms with Crippen molar-refractivity contribution >= 4 is 29.4 Å². The normalized spacial score (nSPS) is 19.8. The van der Waals surface area contributed by atoms with Gasteiger partial charge in [-0.25, -0.2) is 4.79 Å². The van der Waals surface area contributed by atoms with Crippen LogP contribution in [0.3, 0.4) is 0 Å². The van der Waals surface area contributed by atoms with Crippen molar-refractivity contribution in [2.24, 2.45) is 0 Å². The van der Waals surface area contributed by atoms with Gasteiger partial charge in [0.15, 0.2) is 0 Å². The molecule has 2 saturated heterocycles. The minimum atomic E-state index is -0.555. The van der Waals surface area contributed by atoms with Gasteiger partial charge >= 0.3 is 6.03 Å². The third-order valence-electron chi connectivity index (χ3n) is 4.34. The highest BCUT2D eigenvalue weighted by molar-refractivity contribution is 6.14. The molecule has 2 aliphatic heterocycles. The molecular formula is C16H18N4O4. The van der Waals surface area contributed by atoms with Gasteiger partial charge in [0.05, 0.1) is 10.5 Å². The van der Waals surface area contributed by atoms with Gasteiger partial charge in [0.1, 0.15) is 5.70 Å². The number of nitrogens with zero attached hydrogens (tertiary/aromatic N) is 3. The molecule has 24 heavy (non-hydrogen) atoms. The maximum absolute atomic E-state index is 11.8. The quantitative estimate of drug-likeness (QED) is 0.396. The molecule has 2 aliphatic rings. The predicted octanol–water partition coefficient (Wildman–Crippen LogP) is 2.11. The summed E-state index contributed by atoms with van der Waals surface area (Å²) in [4.78, 5) is 37.5. The first-order valence-electron chi connectivity index (χ1n) is 7.81. The molecule has 3 rings (SSSR count). The molecule has 0 saturated carbocycles. The number of likely N-dealkylation sites (N-methyl/N-ethyl adjacent to an activating group) is 1. The predicted molar refractivity (Wildman–Crippen MR) is 88.4 cm³/mol. The number of anilines is 1. The van der Waals surface area contributed by atoms with Gasteiger partial charge in [-0.2, -0.15) is 0 Å². The van der Waals surface area contributed by atoms with Crippen molar-refractivity contribution in [3.63, 3.8) is 0 Å². The molecule has 0 atom stereocenters. The molecule has 126 valence electrons. The molecule has 0 aliphatic carbocycles. The lowest BCUT2D eigenvalue weighted by atomic mass is 10.1. The number of hydrogen-bond donors (Lipinski definition) is 1. The van der Waals surface area contributed by atoms with E-state index >= 15 is 0 Å². The van der Waals surface area contributed by atoms with Gasteiger partial charge in [-0.15, -0.1) is 0 Å². The van der Waals surface area contributed by atoms with E-state index in [1.54, 1.807) is 12.1 Å². The Hall–Kier alpha value is -2.90. The summed E-state index contributed by atoms with van der Waals surface area (Å²) in [7, 11) is 1.45. The van der Waals surface area contributed by atoms with Crippen LogP contribution in [0.5, 0.6) is 0 Å². The Morgan fingerprint density at radius 3 is 2.50 bits per heavy atom. The number of benzene rings is 1. The number of nitro groups is 1. The van der Waals surface area contributed by atoms with Crippen LogP contribution in [0, 0.1) is 10.1 Å². The second-order valence-electron chi connectivity index (χ2n) is 5.90. The van der Waals surface area contributed by atoms with Crippen molar-refractivity contribution in [1.82, 2.24) is 10.2 Å². The molecule has 1 N–H and O–H groups in total. The molecular weight excluding hydrogens is 312 g/mol. The van der Waals surface area contributed by atoms with Gasteiger partial charge in [-0.3, -0.25) is 25.1 Å². The largest absolute Gasteiger partial charge is 0.372 e. The van der Waals surface area contributed by atoms with Crippen molar-refractivity contribution in [3.05, 3.63) is 39.6 Å². The fourth-order valence-corrected chi connectivity index (χ4v) is 2.99. The van der Waals surface area contributed by atoms with Crippen LogP contribution in [0.4, 0.5) is 16.2 Å². The summed E-state index contributed by atoms with van der Waals surface area (Å²) >= 11 is 0. The van der Waals surface area contributed by atoms with Crippen molar-refractivity contribution in [1.29, 1.82) is 0 Å². The molecule has 0 spiro atoms. The molecule has 0 bridgehead atoms. The highest BCUT2D eigenvalue weighted by atomic mass is 16.6. The molecule has 0 aromatic heterocycles. The van der Waals surface area contributed by atoms with Gasteiger partial charge < -0.3 is 4.90 Å². The van der Waals surface area contributed by atoms with Crippen molar-refractivity contribution in [2.45, 2.75) is 19.3 Å². The molecule has 0 radical (unpaired) electrons. The Bertz CT molecular complexity index is 738. The van der Waals surface area contributed by atoms with Crippen LogP contribution in [-0.2, 0) is 4.79 Å². The second-order valence-corrected chi connectivity index (χ2v) is 5.90. The number of nitrogens with one attached hydrogen (secondary N) is 1. The van der Waals surface area contributed by atoms with Crippen LogP contribution in [0.15, 0.2) is 23.9 Å². The zero-order valence-electron chi connectivity index (χ0n) is 13.3. The average molecular weight is 330 g/mol. The maximum Gasteiger partial charge on any atom is 0.328 e. The summed E-state index contributed by atoms with van der Waals surface area (Å²) in [6.45, 7) is 1.82. The van der Waals surface area contributed by atoms with E-state index < -0.39 is 16.9 Å². The standard InChI is InChI=1S/C16H18N4O4/c1-18-14(15(21)17-16(18)22)10-11-9-12(5-6-13(11)20(23)24)19-7-3-2-4-8-19/h5-6,9-10H,2-4,7-8H2,1H3,(H,17,21,22)/b14-10+. The van der Waals surface area contributed by atoms with Gasteiger partial charge in [0.25, 0.3) is 11.6 Å². The number of carbonyl (C=O) groups is 2. The molecule has 0 unspecified atom stereocenters. The number of amides is 3. The second kappa shape index (κ2) is 6.31. The third kappa shape index (κ3) is 2.94. The topological polar surface area (TPSA) is 95.8 Å². The Kier molecular flexibility index (Phi) is 4.20. The SMILES string of the molecule is CN1C(=O)NC(=O)/C1=C\c1cc(N2CCCCC2)ccc1[N+](=O)[O-]. The van der Waals surface area contributed by atoms with Gasteiger partial charge in [-0.05, 0) is 37.5 Å². The summed E-state index contributed by atoms with van der Waals surface area (Å²) in [5.74, 6) is -0.555. The van der Waals surface area contributed by atoms with E-state index in [4.69, 9.17) is 0 Å². The van der Waals surface area contributed by atoms with Crippen molar-refractivity contribution < 1.29 is 14.5 Å². The Morgan fingerprint density at radius 2 is 1.92 bits per heavy atom. The number of imide groups is 1. The summed E-state index contributed by atoms with van der Waals surface area (Å²) in [6.07, 6.45) is 4.76. The van der Waals surface area contributed by atoms with Crippen molar-refractivity contribution in [3.8, 4) is 0 Å². The summed E-state index contributed by atoms with van der Waals surface area (Å²) in [5, 5.41) is 13.5. The maximum atomic E-state index is 11.8. The lowest BCUT2D eigenvalue weighted by Gasteiger charge is -2.29. The van der Waals surface area contributed by atoms with Gasteiger partial charge in [-0.1, -0.05) is 0 Å². The number of urea groups is 1. The third-order valence-corrected chi connectivity index (χ3v) is 4.34. The number of nitro benzene ring substituents is 1. The van der Waals surface area contributed by atoms with Crippen LogP contribution < -0.4 is 10.2 Å². The number of carbonyl (C=O) groups excluding carboxylic acids is 2. The average Bonchev–Trinajstić information content (AvgIpc) is 2.81.